The Labute approximate surface area is 155 Å². The zero-order valence-electron chi connectivity index (χ0n) is 14.4. The molecule has 3 rings (SSSR count). The fraction of sp³-hybridized carbons (Fsp3) is 0.263. The fourth-order valence-electron chi connectivity index (χ4n) is 2.47. The number of H-pyrrole nitrogens is 1. The maximum atomic E-state index is 12.8. The number of amides is 1. The van der Waals surface area contributed by atoms with Crippen LogP contribution in [0.3, 0.4) is 0 Å². The molecule has 136 valence electrons. The monoisotopic (exact) mass is 373 g/mol. The number of aromatic amines is 1. The number of ether oxygens (including phenoxy) is 1. The molecule has 2 aromatic carbocycles. The maximum absolute atomic E-state index is 12.8. The first kappa shape index (κ1) is 18.3. The number of fused-ring (bicyclic) bond motifs is 1. The molecule has 0 atom stereocenters. The summed E-state index contributed by atoms with van der Waals surface area (Å²) in [5.41, 5.74) is 2.71. The lowest BCUT2D eigenvalue weighted by molar-refractivity contribution is -0.118. The number of carbonyl (C=O) groups excluding carboxylic acids is 1. The van der Waals surface area contributed by atoms with E-state index in [9.17, 15) is 9.18 Å². The minimum Gasteiger partial charge on any atom is -0.494 e. The number of halogens is 1. The van der Waals surface area contributed by atoms with Crippen LogP contribution in [-0.2, 0) is 11.2 Å². The van der Waals surface area contributed by atoms with Gasteiger partial charge in [-0.15, -0.1) is 0 Å². The van der Waals surface area contributed by atoms with Crippen LogP contribution in [0.5, 0.6) is 5.75 Å². The second-order valence-corrected chi connectivity index (χ2v) is 6.63. The van der Waals surface area contributed by atoms with Gasteiger partial charge in [0, 0.05) is 12.6 Å². The number of imidazole rings is 1. The molecule has 0 aliphatic heterocycles. The Bertz CT molecular complexity index is 880. The van der Waals surface area contributed by atoms with Crippen molar-refractivity contribution in [2.24, 2.45) is 0 Å². The standard InChI is InChI=1S/C19H20FN3O2S/c1-2-25-15-7-8-16-17(11-15)23-19(22-16)26-12-18(24)21-10-9-13-3-5-14(20)6-4-13/h3-8,11H,2,9-10,12H2,1H3,(H,21,24)(H,22,23). The van der Waals surface area contributed by atoms with Gasteiger partial charge in [-0.25, -0.2) is 9.37 Å². The molecule has 0 fully saturated rings. The summed E-state index contributed by atoms with van der Waals surface area (Å²) in [4.78, 5) is 19.6. The minimum atomic E-state index is -0.256. The molecule has 1 amide bonds. The van der Waals surface area contributed by atoms with E-state index in [0.29, 0.717) is 24.7 Å². The van der Waals surface area contributed by atoms with E-state index in [4.69, 9.17) is 4.74 Å². The topological polar surface area (TPSA) is 67.0 Å². The molecule has 7 heteroatoms. The second-order valence-electron chi connectivity index (χ2n) is 5.67. The molecule has 0 saturated heterocycles. The molecule has 0 radical (unpaired) electrons. The van der Waals surface area contributed by atoms with E-state index in [1.165, 1.54) is 23.9 Å². The van der Waals surface area contributed by atoms with Crippen molar-refractivity contribution in [3.8, 4) is 5.75 Å². The van der Waals surface area contributed by atoms with Crippen molar-refractivity contribution in [1.82, 2.24) is 15.3 Å². The molecule has 1 aromatic heterocycles. The average molecular weight is 373 g/mol. The minimum absolute atomic E-state index is 0.0624. The van der Waals surface area contributed by atoms with Gasteiger partial charge in [0.2, 0.25) is 5.91 Å². The lowest BCUT2D eigenvalue weighted by Crippen LogP contribution is -2.27. The zero-order valence-corrected chi connectivity index (χ0v) is 15.2. The fourth-order valence-corrected chi connectivity index (χ4v) is 3.19. The Hall–Kier alpha value is -2.54. The van der Waals surface area contributed by atoms with Crippen LogP contribution in [0.2, 0.25) is 0 Å². The molecule has 0 saturated carbocycles. The summed E-state index contributed by atoms with van der Waals surface area (Å²) in [6.07, 6.45) is 0.668. The summed E-state index contributed by atoms with van der Waals surface area (Å²) in [5, 5.41) is 3.56. The number of carbonyl (C=O) groups is 1. The van der Waals surface area contributed by atoms with Crippen LogP contribution in [-0.4, -0.2) is 34.8 Å². The van der Waals surface area contributed by atoms with Crippen molar-refractivity contribution in [1.29, 1.82) is 0 Å². The lowest BCUT2D eigenvalue weighted by atomic mass is 10.1. The van der Waals surface area contributed by atoms with Gasteiger partial charge >= 0.3 is 0 Å². The van der Waals surface area contributed by atoms with Gasteiger partial charge in [-0.2, -0.15) is 0 Å². The third-order valence-corrected chi connectivity index (χ3v) is 4.61. The molecular weight excluding hydrogens is 353 g/mol. The predicted molar refractivity (Wildman–Crippen MR) is 101 cm³/mol. The van der Waals surface area contributed by atoms with Crippen LogP contribution in [0.4, 0.5) is 4.39 Å². The first-order valence-corrected chi connectivity index (χ1v) is 9.39. The summed E-state index contributed by atoms with van der Waals surface area (Å²) in [7, 11) is 0. The Morgan fingerprint density at radius 2 is 2.08 bits per heavy atom. The summed E-state index contributed by atoms with van der Waals surface area (Å²) in [6, 6.07) is 12.0. The number of hydrogen-bond acceptors (Lipinski definition) is 4. The molecule has 0 bridgehead atoms. The van der Waals surface area contributed by atoms with Crippen molar-refractivity contribution >= 4 is 28.7 Å². The van der Waals surface area contributed by atoms with Crippen molar-refractivity contribution in [2.75, 3.05) is 18.9 Å². The molecule has 5 nitrogen and oxygen atoms in total. The van der Waals surface area contributed by atoms with Gasteiger partial charge in [0.25, 0.3) is 0 Å². The van der Waals surface area contributed by atoms with E-state index < -0.39 is 0 Å². The van der Waals surface area contributed by atoms with Crippen LogP contribution in [0, 0.1) is 5.82 Å². The first-order chi connectivity index (χ1) is 12.6. The van der Waals surface area contributed by atoms with E-state index in [-0.39, 0.29) is 17.5 Å². The highest BCUT2D eigenvalue weighted by molar-refractivity contribution is 7.99. The normalized spacial score (nSPS) is 10.8. The molecule has 26 heavy (non-hydrogen) atoms. The number of hydrogen-bond donors (Lipinski definition) is 2. The number of aromatic nitrogens is 2. The lowest BCUT2D eigenvalue weighted by Gasteiger charge is -2.04. The highest BCUT2D eigenvalue weighted by atomic mass is 32.2. The molecule has 2 N–H and O–H groups in total. The molecule has 0 aliphatic rings. The average Bonchev–Trinajstić information content (AvgIpc) is 3.04. The Morgan fingerprint density at radius 3 is 2.85 bits per heavy atom. The van der Waals surface area contributed by atoms with E-state index in [0.717, 1.165) is 22.3 Å². The molecular formula is C19H20FN3O2S. The SMILES string of the molecule is CCOc1ccc2nc(SCC(=O)NCCc3ccc(F)cc3)[nH]c2c1. The van der Waals surface area contributed by atoms with Crippen molar-refractivity contribution < 1.29 is 13.9 Å². The van der Waals surface area contributed by atoms with Crippen LogP contribution in [0.25, 0.3) is 11.0 Å². The van der Waals surface area contributed by atoms with Gasteiger partial charge in [-0.3, -0.25) is 4.79 Å². The van der Waals surface area contributed by atoms with Crippen LogP contribution in [0.15, 0.2) is 47.6 Å². The van der Waals surface area contributed by atoms with Gasteiger partial charge in [0.05, 0.1) is 23.4 Å². The van der Waals surface area contributed by atoms with E-state index in [1.54, 1.807) is 12.1 Å². The van der Waals surface area contributed by atoms with Crippen LogP contribution in [0.1, 0.15) is 12.5 Å². The third-order valence-electron chi connectivity index (χ3n) is 3.73. The summed E-state index contributed by atoms with van der Waals surface area (Å²) < 4.78 is 18.3. The number of thioether (sulfide) groups is 1. The summed E-state index contributed by atoms with van der Waals surface area (Å²) in [6.45, 7) is 3.06. The number of benzene rings is 2. The number of nitrogens with one attached hydrogen (secondary N) is 2. The zero-order chi connectivity index (χ0) is 18.4. The largest absolute Gasteiger partial charge is 0.494 e. The van der Waals surface area contributed by atoms with Gasteiger partial charge < -0.3 is 15.0 Å². The quantitative estimate of drug-likeness (QED) is 0.593. The third kappa shape index (κ3) is 4.98. The van der Waals surface area contributed by atoms with Crippen molar-refractivity contribution in [3.63, 3.8) is 0 Å². The molecule has 1 heterocycles. The van der Waals surface area contributed by atoms with Gasteiger partial charge in [-0.05, 0) is 43.2 Å². The van der Waals surface area contributed by atoms with Gasteiger partial charge in [0.15, 0.2) is 5.16 Å². The van der Waals surface area contributed by atoms with E-state index in [1.807, 2.05) is 25.1 Å². The molecule has 0 aliphatic carbocycles. The Balaban J connectivity index is 1.46. The van der Waals surface area contributed by atoms with Crippen LogP contribution >= 0.6 is 11.8 Å². The Kier molecular flexibility index (Phi) is 6.12. The summed E-state index contributed by atoms with van der Waals surface area (Å²) >= 11 is 1.35. The first-order valence-electron chi connectivity index (χ1n) is 8.40. The molecule has 0 unspecified atom stereocenters. The highest BCUT2D eigenvalue weighted by Gasteiger charge is 2.08. The predicted octanol–water partition coefficient (Wildman–Crippen LogP) is 3.55. The van der Waals surface area contributed by atoms with Crippen molar-refractivity contribution in [2.45, 2.75) is 18.5 Å². The summed E-state index contributed by atoms with van der Waals surface area (Å²) in [5.74, 6) is 0.751. The second kappa shape index (κ2) is 8.71. The van der Waals surface area contributed by atoms with Crippen LogP contribution < -0.4 is 10.1 Å². The van der Waals surface area contributed by atoms with Crippen molar-refractivity contribution in [3.05, 3.63) is 53.8 Å². The highest BCUT2D eigenvalue weighted by Crippen LogP contribution is 2.23. The number of rotatable bonds is 8. The molecule has 3 aromatic rings. The van der Waals surface area contributed by atoms with Gasteiger partial charge in [0.1, 0.15) is 11.6 Å². The Morgan fingerprint density at radius 1 is 1.27 bits per heavy atom. The maximum Gasteiger partial charge on any atom is 0.230 e. The smallest absolute Gasteiger partial charge is 0.230 e. The van der Waals surface area contributed by atoms with E-state index in [2.05, 4.69) is 15.3 Å². The van der Waals surface area contributed by atoms with E-state index >= 15 is 0 Å². The molecule has 0 spiro atoms. The van der Waals surface area contributed by atoms with Gasteiger partial charge in [-0.1, -0.05) is 23.9 Å². The number of nitrogens with zero attached hydrogens (tertiary/aromatic N) is 1.